The van der Waals surface area contributed by atoms with E-state index < -0.39 is 0 Å². The first-order valence-electron chi connectivity index (χ1n) is 13.1. The molecule has 1 aromatic carbocycles. The van der Waals surface area contributed by atoms with Crippen LogP contribution < -0.4 is 20.4 Å². The molecule has 2 aromatic rings. The van der Waals surface area contributed by atoms with Crippen LogP contribution in [0.3, 0.4) is 0 Å². The van der Waals surface area contributed by atoms with Crippen molar-refractivity contribution in [1.29, 1.82) is 0 Å². The molecule has 3 aliphatic rings. The molecule has 0 bridgehead atoms. The Morgan fingerprint density at radius 1 is 0.944 bits per heavy atom. The zero-order chi connectivity index (χ0) is 24.9. The summed E-state index contributed by atoms with van der Waals surface area (Å²) in [4.78, 5) is 39.6. The Morgan fingerprint density at radius 3 is 2.50 bits per heavy atom. The number of nitrogens with zero attached hydrogens (tertiary/aromatic N) is 5. The number of rotatable bonds is 5. The molecule has 2 N–H and O–H groups in total. The summed E-state index contributed by atoms with van der Waals surface area (Å²) in [5.74, 6) is -0.348. The van der Waals surface area contributed by atoms with Gasteiger partial charge in [-0.3, -0.25) is 14.6 Å². The summed E-state index contributed by atoms with van der Waals surface area (Å²) >= 11 is 0. The average molecular weight is 492 g/mol. The van der Waals surface area contributed by atoms with E-state index in [0.29, 0.717) is 18.8 Å². The molecule has 4 heterocycles. The van der Waals surface area contributed by atoms with Gasteiger partial charge in [-0.1, -0.05) is 6.07 Å². The number of aromatic nitrogens is 1. The van der Waals surface area contributed by atoms with Crippen molar-refractivity contribution < 1.29 is 9.59 Å². The molecule has 9 nitrogen and oxygen atoms in total. The van der Waals surface area contributed by atoms with Crippen molar-refractivity contribution in [3.05, 3.63) is 48.3 Å². The molecule has 0 aliphatic carbocycles. The second-order valence-corrected chi connectivity index (χ2v) is 10.1. The van der Waals surface area contributed by atoms with E-state index in [1.165, 1.54) is 0 Å². The molecule has 1 atom stereocenters. The lowest BCUT2D eigenvalue weighted by Gasteiger charge is -2.34. The number of benzene rings is 1. The predicted octanol–water partition coefficient (Wildman–Crippen LogP) is 1.73. The minimum Gasteiger partial charge on any atom is -0.369 e. The molecule has 3 aliphatic heterocycles. The van der Waals surface area contributed by atoms with Crippen LogP contribution in [0.5, 0.6) is 0 Å². The number of hydrogen-bond donors (Lipinski definition) is 2. The third kappa shape index (κ3) is 5.79. The monoisotopic (exact) mass is 491 g/mol. The molecule has 9 heteroatoms. The molecule has 36 heavy (non-hydrogen) atoms. The van der Waals surface area contributed by atoms with Crippen LogP contribution in [0.4, 0.5) is 17.1 Å². The number of pyridine rings is 1. The van der Waals surface area contributed by atoms with Crippen LogP contribution in [-0.4, -0.2) is 99.1 Å². The van der Waals surface area contributed by atoms with Crippen molar-refractivity contribution in [1.82, 2.24) is 20.1 Å². The number of likely N-dealkylation sites (N-methyl/N-ethyl adjacent to an activating group) is 1. The Bertz CT molecular complexity index is 1060. The Morgan fingerprint density at radius 2 is 1.69 bits per heavy atom. The molecule has 0 saturated carbocycles. The first kappa shape index (κ1) is 24.5. The lowest BCUT2D eigenvalue weighted by atomic mass is 9.96. The summed E-state index contributed by atoms with van der Waals surface area (Å²) in [5.41, 5.74) is 3.43. The zero-order valence-electron chi connectivity index (χ0n) is 21.2. The fraction of sp³-hybridized carbons (Fsp3) is 0.519. The van der Waals surface area contributed by atoms with Crippen molar-refractivity contribution in [2.75, 3.05) is 87.6 Å². The number of piperidine rings is 1. The van der Waals surface area contributed by atoms with E-state index >= 15 is 0 Å². The second-order valence-electron chi connectivity index (χ2n) is 10.1. The SMILES string of the molecule is CN1CCN(c2ccnc(C(=O)N3CCC[C@H](C(=O)Nc4cccc(N5CCNCC5)c4)C3)c2)CC1. The topological polar surface area (TPSA) is 84.0 Å². The fourth-order valence-electron chi connectivity index (χ4n) is 5.28. The van der Waals surface area contributed by atoms with Crippen LogP contribution in [0, 0.1) is 5.92 Å². The summed E-state index contributed by atoms with van der Waals surface area (Å²) in [5, 5.41) is 6.47. The number of hydrogen-bond acceptors (Lipinski definition) is 7. The van der Waals surface area contributed by atoms with Gasteiger partial charge in [0.15, 0.2) is 0 Å². The van der Waals surface area contributed by atoms with Crippen LogP contribution in [-0.2, 0) is 4.79 Å². The van der Waals surface area contributed by atoms with Gasteiger partial charge in [0, 0.05) is 88.7 Å². The van der Waals surface area contributed by atoms with Gasteiger partial charge < -0.3 is 30.2 Å². The van der Waals surface area contributed by atoms with E-state index in [9.17, 15) is 9.59 Å². The third-order valence-corrected chi connectivity index (χ3v) is 7.51. The van der Waals surface area contributed by atoms with E-state index in [4.69, 9.17) is 0 Å². The lowest BCUT2D eigenvalue weighted by molar-refractivity contribution is -0.121. The fourth-order valence-corrected chi connectivity index (χ4v) is 5.28. The molecule has 1 aromatic heterocycles. The molecule has 0 spiro atoms. The zero-order valence-corrected chi connectivity index (χ0v) is 21.2. The molecule has 3 fully saturated rings. The summed E-state index contributed by atoms with van der Waals surface area (Å²) in [6.07, 6.45) is 3.31. The predicted molar refractivity (Wildman–Crippen MR) is 143 cm³/mol. The first-order chi connectivity index (χ1) is 17.6. The highest BCUT2D eigenvalue weighted by molar-refractivity contribution is 5.96. The van der Waals surface area contributed by atoms with Gasteiger partial charge in [0.1, 0.15) is 5.69 Å². The number of piperazine rings is 2. The van der Waals surface area contributed by atoms with Gasteiger partial charge in [-0.2, -0.15) is 0 Å². The Labute approximate surface area is 213 Å². The van der Waals surface area contributed by atoms with Crippen LogP contribution in [0.1, 0.15) is 23.3 Å². The smallest absolute Gasteiger partial charge is 0.272 e. The number of carbonyl (C=O) groups is 2. The van der Waals surface area contributed by atoms with Crippen molar-refractivity contribution in [2.45, 2.75) is 12.8 Å². The van der Waals surface area contributed by atoms with Crippen molar-refractivity contribution in [2.24, 2.45) is 5.92 Å². The van der Waals surface area contributed by atoms with Gasteiger partial charge in [-0.25, -0.2) is 0 Å². The van der Waals surface area contributed by atoms with Crippen LogP contribution >= 0.6 is 0 Å². The number of anilines is 3. The highest BCUT2D eigenvalue weighted by Crippen LogP contribution is 2.24. The second kappa shape index (κ2) is 11.3. The molecule has 3 saturated heterocycles. The highest BCUT2D eigenvalue weighted by Gasteiger charge is 2.30. The van der Waals surface area contributed by atoms with Crippen LogP contribution in [0.25, 0.3) is 0 Å². The normalized spacial score (nSPS) is 21.4. The number of carbonyl (C=O) groups excluding carboxylic acids is 2. The molecule has 192 valence electrons. The standard InChI is InChI=1S/C27H37N7O2/c1-31-14-16-33(17-15-31)24-7-8-29-25(19-24)27(36)34-11-3-4-21(20-34)26(35)30-22-5-2-6-23(18-22)32-12-9-28-10-13-32/h2,5-8,18-19,21,28H,3-4,9-17,20H2,1H3,(H,30,35)/t21-/m0/s1. The molecule has 5 rings (SSSR count). The largest absolute Gasteiger partial charge is 0.369 e. The van der Waals surface area contributed by atoms with Crippen LogP contribution in [0.15, 0.2) is 42.6 Å². The molecule has 0 radical (unpaired) electrons. The molecule has 0 unspecified atom stereocenters. The van der Waals surface area contributed by atoms with Gasteiger partial charge in [-0.05, 0) is 50.2 Å². The minimum atomic E-state index is -0.230. The van der Waals surface area contributed by atoms with E-state index in [-0.39, 0.29) is 17.7 Å². The van der Waals surface area contributed by atoms with E-state index in [1.54, 1.807) is 11.1 Å². The van der Waals surface area contributed by atoms with E-state index in [2.05, 4.69) is 43.4 Å². The van der Waals surface area contributed by atoms with Gasteiger partial charge in [0.05, 0.1) is 5.92 Å². The average Bonchev–Trinajstić information content (AvgIpc) is 2.94. The maximum Gasteiger partial charge on any atom is 0.272 e. The Balaban J connectivity index is 1.21. The Hall–Kier alpha value is -3.17. The van der Waals surface area contributed by atoms with Crippen molar-refractivity contribution in [3.63, 3.8) is 0 Å². The minimum absolute atomic E-state index is 0.0240. The van der Waals surface area contributed by atoms with E-state index in [0.717, 1.165) is 82.3 Å². The van der Waals surface area contributed by atoms with Crippen molar-refractivity contribution in [3.8, 4) is 0 Å². The lowest BCUT2D eigenvalue weighted by Crippen LogP contribution is -2.45. The summed E-state index contributed by atoms with van der Waals surface area (Å²) < 4.78 is 0. The van der Waals surface area contributed by atoms with Gasteiger partial charge >= 0.3 is 0 Å². The maximum absolute atomic E-state index is 13.3. The molecule has 2 amide bonds. The maximum atomic E-state index is 13.3. The summed E-state index contributed by atoms with van der Waals surface area (Å²) in [7, 11) is 2.13. The Kier molecular flexibility index (Phi) is 7.67. The van der Waals surface area contributed by atoms with Crippen LogP contribution in [0.2, 0.25) is 0 Å². The first-order valence-corrected chi connectivity index (χ1v) is 13.1. The summed E-state index contributed by atoms with van der Waals surface area (Å²) in [6.45, 7) is 8.82. The van der Waals surface area contributed by atoms with E-state index in [1.807, 2.05) is 30.3 Å². The number of likely N-dealkylation sites (tertiary alicyclic amines) is 1. The molecular weight excluding hydrogens is 454 g/mol. The van der Waals surface area contributed by atoms with Crippen molar-refractivity contribution >= 4 is 28.9 Å². The van der Waals surface area contributed by atoms with Gasteiger partial charge in [-0.15, -0.1) is 0 Å². The quantitative estimate of drug-likeness (QED) is 0.659. The highest BCUT2D eigenvalue weighted by atomic mass is 16.2. The summed E-state index contributed by atoms with van der Waals surface area (Å²) in [6, 6.07) is 11.9. The van der Waals surface area contributed by atoms with Gasteiger partial charge in [0.25, 0.3) is 5.91 Å². The number of nitrogens with one attached hydrogen (secondary N) is 2. The third-order valence-electron chi connectivity index (χ3n) is 7.51. The molecular formula is C27H37N7O2. The van der Waals surface area contributed by atoms with Gasteiger partial charge in [0.2, 0.25) is 5.91 Å². The number of amides is 2.